The number of benzene rings is 1. The highest BCUT2D eigenvalue weighted by Crippen LogP contribution is 2.15. The molecule has 0 saturated carbocycles. The number of rotatable bonds is 8. The number of nitrogens with zero attached hydrogens (tertiary/aromatic N) is 1. The zero-order valence-electron chi connectivity index (χ0n) is 13.1. The summed E-state index contributed by atoms with van der Waals surface area (Å²) in [7, 11) is -5.56. The molecule has 0 aromatic heterocycles. The van der Waals surface area contributed by atoms with Gasteiger partial charge >= 0.3 is 0 Å². The highest BCUT2D eigenvalue weighted by atomic mass is 32.2. The molecule has 0 fully saturated rings. The summed E-state index contributed by atoms with van der Waals surface area (Å²) in [6.45, 7) is 3.55. The Bertz CT molecular complexity index is 682. The molecule has 0 aliphatic carbocycles. The van der Waals surface area contributed by atoms with Crippen LogP contribution in [0.3, 0.4) is 0 Å². The van der Waals surface area contributed by atoms with Crippen LogP contribution in [-0.4, -0.2) is 53.6 Å². The zero-order chi connectivity index (χ0) is 17.0. The summed E-state index contributed by atoms with van der Waals surface area (Å²) in [5.41, 5.74) is 0. The molecule has 0 spiro atoms. The molecule has 1 rings (SSSR count). The Labute approximate surface area is 132 Å². The van der Waals surface area contributed by atoms with E-state index in [1.807, 2.05) is 0 Å². The molecule has 0 atom stereocenters. The number of hydrogen-bond donors (Lipinski definition) is 1. The van der Waals surface area contributed by atoms with Gasteiger partial charge in [0.2, 0.25) is 20.0 Å². The lowest BCUT2D eigenvalue weighted by Crippen LogP contribution is -2.41. The van der Waals surface area contributed by atoms with Crippen LogP contribution in [0.15, 0.2) is 29.2 Å². The van der Waals surface area contributed by atoms with Gasteiger partial charge in [0.1, 0.15) is 5.75 Å². The molecule has 0 aliphatic rings. The van der Waals surface area contributed by atoms with Crippen molar-refractivity contribution in [2.24, 2.45) is 0 Å². The van der Waals surface area contributed by atoms with E-state index >= 15 is 0 Å². The summed E-state index contributed by atoms with van der Waals surface area (Å²) in [6.07, 6.45) is 1.10. The van der Waals surface area contributed by atoms with Crippen molar-refractivity contribution in [2.75, 3.05) is 26.5 Å². The Balaban J connectivity index is 2.73. The highest BCUT2D eigenvalue weighted by Gasteiger charge is 2.21. The normalized spacial score (nSPS) is 12.8. The van der Waals surface area contributed by atoms with Crippen LogP contribution in [0.2, 0.25) is 0 Å². The summed E-state index contributed by atoms with van der Waals surface area (Å²) in [5.74, 6) is 0.557. The van der Waals surface area contributed by atoms with Gasteiger partial charge in [-0.3, -0.25) is 0 Å². The van der Waals surface area contributed by atoms with Gasteiger partial charge in [-0.25, -0.2) is 21.6 Å². The summed E-state index contributed by atoms with van der Waals surface area (Å²) in [5, 5.41) is 0. The number of ether oxygens (including phenoxy) is 1. The average Bonchev–Trinajstić information content (AvgIpc) is 2.42. The predicted octanol–water partition coefficient (Wildman–Crippen LogP) is 0.644. The highest BCUT2D eigenvalue weighted by molar-refractivity contribution is 7.89. The summed E-state index contributed by atoms with van der Waals surface area (Å²) >= 11 is 0. The van der Waals surface area contributed by atoms with Crippen molar-refractivity contribution in [3.63, 3.8) is 0 Å². The molecule has 7 nitrogen and oxygen atoms in total. The van der Waals surface area contributed by atoms with E-state index in [1.165, 1.54) is 23.5 Å². The second-order valence-electron chi connectivity index (χ2n) is 5.04. The lowest BCUT2D eigenvalue weighted by molar-refractivity contribution is 0.360. The van der Waals surface area contributed by atoms with E-state index in [-0.39, 0.29) is 24.0 Å². The van der Waals surface area contributed by atoms with Crippen LogP contribution >= 0.6 is 0 Å². The molecule has 0 bridgehead atoms. The van der Waals surface area contributed by atoms with Crippen molar-refractivity contribution in [1.82, 2.24) is 9.03 Å². The molecular formula is C13H22N2O5S2. The monoisotopic (exact) mass is 350 g/mol. The van der Waals surface area contributed by atoms with Crippen LogP contribution in [0.5, 0.6) is 5.75 Å². The Kier molecular flexibility index (Phi) is 6.36. The molecule has 1 aromatic rings. The smallest absolute Gasteiger partial charge is 0.240 e. The van der Waals surface area contributed by atoms with Gasteiger partial charge in [0.15, 0.2) is 0 Å². The number of nitrogens with one attached hydrogen (secondary N) is 1. The lowest BCUT2D eigenvalue weighted by Gasteiger charge is -2.23. The maximum atomic E-state index is 12.1. The number of methoxy groups -OCH3 is 1. The van der Waals surface area contributed by atoms with Crippen molar-refractivity contribution >= 4 is 20.0 Å². The van der Waals surface area contributed by atoms with E-state index < -0.39 is 20.0 Å². The minimum absolute atomic E-state index is 0.000384. The fraction of sp³-hybridized carbons (Fsp3) is 0.538. The van der Waals surface area contributed by atoms with E-state index in [4.69, 9.17) is 4.74 Å². The van der Waals surface area contributed by atoms with Gasteiger partial charge in [-0.2, -0.15) is 4.31 Å². The van der Waals surface area contributed by atoms with Crippen molar-refractivity contribution in [3.05, 3.63) is 24.3 Å². The molecule has 126 valence electrons. The first kappa shape index (κ1) is 18.9. The van der Waals surface area contributed by atoms with Crippen molar-refractivity contribution in [1.29, 1.82) is 0 Å². The van der Waals surface area contributed by atoms with Gasteiger partial charge in [0, 0.05) is 19.1 Å². The third kappa shape index (κ3) is 5.24. The van der Waals surface area contributed by atoms with Crippen molar-refractivity contribution in [3.8, 4) is 5.75 Å². The minimum Gasteiger partial charge on any atom is -0.497 e. The van der Waals surface area contributed by atoms with Crippen molar-refractivity contribution in [2.45, 2.75) is 24.8 Å². The van der Waals surface area contributed by atoms with Crippen molar-refractivity contribution < 1.29 is 21.6 Å². The average molecular weight is 350 g/mol. The van der Waals surface area contributed by atoms with Gasteiger partial charge < -0.3 is 4.74 Å². The maximum Gasteiger partial charge on any atom is 0.240 e. The molecular weight excluding hydrogens is 328 g/mol. The minimum atomic E-state index is -3.68. The predicted molar refractivity (Wildman–Crippen MR) is 84.9 cm³/mol. The third-order valence-corrected chi connectivity index (χ3v) is 5.93. The largest absolute Gasteiger partial charge is 0.497 e. The fourth-order valence-electron chi connectivity index (χ4n) is 1.94. The van der Waals surface area contributed by atoms with Gasteiger partial charge in [0.05, 0.1) is 18.3 Å². The first-order valence-electron chi connectivity index (χ1n) is 6.68. The van der Waals surface area contributed by atoms with Crippen LogP contribution in [0, 0.1) is 0 Å². The molecule has 0 amide bonds. The second-order valence-corrected chi connectivity index (χ2v) is 8.74. The van der Waals surface area contributed by atoms with E-state index in [0.717, 1.165) is 6.26 Å². The van der Waals surface area contributed by atoms with Crippen LogP contribution < -0.4 is 9.46 Å². The standard InChI is InChI=1S/C13H22N2O5S2/c1-11(2)15(21(4,16)17)10-9-14-22(18,19)13-7-5-12(20-3)6-8-13/h5-8,11,14H,9-10H2,1-4H3. The first-order chi connectivity index (χ1) is 10.1. The molecule has 1 aromatic carbocycles. The third-order valence-electron chi connectivity index (χ3n) is 3.00. The molecule has 0 saturated heterocycles. The topological polar surface area (TPSA) is 92.8 Å². The Morgan fingerprint density at radius 1 is 1.14 bits per heavy atom. The summed E-state index contributed by atoms with van der Waals surface area (Å²) in [6, 6.07) is 5.72. The molecule has 0 radical (unpaired) electrons. The van der Waals surface area contributed by atoms with Gasteiger partial charge in [-0.05, 0) is 38.1 Å². The van der Waals surface area contributed by atoms with E-state index in [1.54, 1.807) is 26.0 Å². The van der Waals surface area contributed by atoms with Crippen LogP contribution in [-0.2, 0) is 20.0 Å². The van der Waals surface area contributed by atoms with E-state index in [9.17, 15) is 16.8 Å². The van der Waals surface area contributed by atoms with Gasteiger partial charge in [-0.1, -0.05) is 0 Å². The second kappa shape index (κ2) is 7.40. The lowest BCUT2D eigenvalue weighted by atomic mass is 10.3. The van der Waals surface area contributed by atoms with E-state index in [2.05, 4.69) is 4.72 Å². The van der Waals surface area contributed by atoms with Crippen LogP contribution in [0.4, 0.5) is 0 Å². The SMILES string of the molecule is COc1ccc(S(=O)(=O)NCCN(C(C)C)S(C)(=O)=O)cc1. The van der Waals surface area contributed by atoms with Gasteiger partial charge in [0.25, 0.3) is 0 Å². The first-order valence-corrected chi connectivity index (χ1v) is 10.0. The molecule has 0 heterocycles. The number of sulfonamides is 2. The number of hydrogen-bond acceptors (Lipinski definition) is 5. The summed E-state index contributed by atoms with van der Waals surface area (Å²) < 4.78 is 56.0. The molecule has 1 N–H and O–H groups in total. The van der Waals surface area contributed by atoms with E-state index in [0.29, 0.717) is 5.75 Å². The molecule has 9 heteroatoms. The summed E-state index contributed by atoms with van der Waals surface area (Å²) in [4.78, 5) is 0.101. The maximum absolute atomic E-state index is 12.1. The fourth-order valence-corrected chi connectivity index (χ4v) is 4.15. The van der Waals surface area contributed by atoms with Crippen LogP contribution in [0.25, 0.3) is 0 Å². The van der Waals surface area contributed by atoms with Crippen LogP contribution in [0.1, 0.15) is 13.8 Å². The zero-order valence-corrected chi connectivity index (χ0v) is 14.7. The Morgan fingerprint density at radius 2 is 1.68 bits per heavy atom. The molecule has 0 aliphatic heterocycles. The Morgan fingerprint density at radius 3 is 2.09 bits per heavy atom. The quantitative estimate of drug-likeness (QED) is 0.743. The molecule has 0 unspecified atom stereocenters. The van der Waals surface area contributed by atoms with Gasteiger partial charge in [-0.15, -0.1) is 0 Å². The molecule has 22 heavy (non-hydrogen) atoms. The Hall–Kier alpha value is -1.16.